The van der Waals surface area contributed by atoms with Crippen molar-refractivity contribution < 1.29 is 10.0 Å². The number of aliphatic hydroxyl groups excluding tert-OH is 1. The summed E-state index contributed by atoms with van der Waals surface area (Å²) in [5.74, 6) is 0.116. The second-order valence-corrected chi connectivity index (χ2v) is 4.33. The molecule has 17 heavy (non-hydrogen) atoms. The van der Waals surface area contributed by atoms with Gasteiger partial charge >= 0.3 is 0 Å². The summed E-state index contributed by atoms with van der Waals surface area (Å²) in [4.78, 5) is 10.6. The number of rotatable bonds is 4. The predicted octanol–water partition coefficient (Wildman–Crippen LogP) is 3.11. The molecule has 92 valence electrons. The minimum atomic E-state index is -0.557. The molecule has 1 aromatic carbocycles. The largest absolute Gasteiger partial charge is 0.389 e. The smallest absolute Gasteiger partial charge is 0.273 e. The van der Waals surface area contributed by atoms with E-state index in [0.29, 0.717) is 0 Å². The number of aliphatic hydroxyl groups is 1. The van der Waals surface area contributed by atoms with Crippen LogP contribution in [0.15, 0.2) is 24.3 Å². The molecule has 0 aromatic heterocycles. The number of nitro benzene ring substituents is 1. The molecule has 0 heterocycles. The van der Waals surface area contributed by atoms with Crippen LogP contribution in [0.25, 0.3) is 6.08 Å². The third kappa shape index (κ3) is 3.67. The third-order valence-electron chi connectivity index (χ3n) is 2.44. The lowest BCUT2D eigenvalue weighted by molar-refractivity contribution is -0.385. The van der Waals surface area contributed by atoms with Crippen molar-refractivity contribution in [2.75, 3.05) is 0 Å². The van der Waals surface area contributed by atoms with E-state index in [2.05, 4.69) is 0 Å². The monoisotopic (exact) mass is 235 g/mol. The van der Waals surface area contributed by atoms with Gasteiger partial charge < -0.3 is 5.11 Å². The first-order valence-electron chi connectivity index (χ1n) is 5.56. The summed E-state index contributed by atoms with van der Waals surface area (Å²) in [5.41, 5.74) is 1.58. The van der Waals surface area contributed by atoms with Gasteiger partial charge in [0.1, 0.15) is 0 Å². The van der Waals surface area contributed by atoms with E-state index in [1.165, 1.54) is 6.07 Å². The summed E-state index contributed by atoms with van der Waals surface area (Å²) < 4.78 is 0. The minimum Gasteiger partial charge on any atom is -0.389 e. The van der Waals surface area contributed by atoms with E-state index in [1.807, 2.05) is 19.9 Å². The average Bonchev–Trinajstić information content (AvgIpc) is 2.25. The highest BCUT2D eigenvalue weighted by Gasteiger charge is 2.16. The van der Waals surface area contributed by atoms with Crippen LogP contribution in [0, 0.1) is 10.1 Å². The van der Waals surface area contributed by atoms with Gasteiger partial charge in [-0.05, 0) is 18.4 Å². The lowest BCUT2D eigenvalue weighted by Crippen LogP contribution is -1.98. The Hall–Kier alpha value is -1.68. The van der Waals surface area contributed by atoms with Gasteiger partial charge in [0.15, 0.2) is 0 Å². The molecule has 0 bridgehead atoms. The SMILES string of the molecule is CC(O)/C=C/c1ccc(C(C)C)c([N+](=O)[O-])c1. The Morgan fingerprint density at radius 3 is 2.47 bits per heavy atom. The molecule has 1 N–H and O–H groups in total. The van der Waals surface area contributed by atoms with Gasteiger partial charge in [-0.25, -0.2) is 0 Å². The zero-order chi connectivity index (χ0) is 13.0. The lowest BCUT2D eigenvalue weighted by Gasteiger charge is -2.07. The molecule has 4 nitrogen and oxygen atoms in total. The Morgan fingerprint density at radius 1 is 1.35 bits per heavy atom. The minimum absolute atomic E-state index is 0.116. The van der Waals surface area contributed by atoms with Crippen molar-refractivity contribution in [2.45, 2.75) is 32.8 Å². The van der Waals surface area contributed by atoms with E-state index in [9.17, 15) is 10.1 Å². The van der Waals surface area contributed by atoms with Crippen molar-refractivity contribution >= 4 is 11.8 Å². The molecule has 1 atom stereocenters. The fourth-order valence-corrected chi connectivity index (χ4v) is 1.56. The molecule has 0 aliphatic rings. The van der Waals surface area contributed by atoms with Gasteiger partial charge in [0.2, 0.25) is 0 Å². The van der Waals surface area contributed by atoms with Crippen LogP contribution in [0.5, 0.6) is 0 Å². The molecule has 0 saturated heterocycles. The molecule has 0 aliphatic carbocycles. The highest BCUT2D eigenvalue weighted by molar-refractivity contribution is 5.57. The summed E-state index contributed by atoms with van der Waals surface area (Å²) in [6.07, 6.45) is 2.72. The summed E-state index contributed by atoms with van der Waals surface area (Å²) in [5, 5.41) is 20.1. The quantitative estimate of drug-likeness (QED) is 0.644. The van der Waals surface area contributed by atoms with Gasteiger partial charge in [-0.1, -0.05) is 38.1 Å². The first-order valence-corrected chi connectivity index (χ1v) is 5.56. The van der Waals surface area contributed by atoms with Gasteiger partial charge in [0.25, 0.3) is 5.69 Å². The standard InChI is InChI=1S/C13H17NO3/c1-9(2)12-7-6-11(5-4-10(3)15)8-13(12)14(16)17/h4-10,15H,1-3H3/b5-4+. The Morgan fingerprint density at radius 2 is 2.00 bits per heavy atom. The number of nitrogens with zero attached hydrogens (tertiary/aromatic N) is 1. The van der Waals surface area contributed by atoms with Crippen LogP contribution in [-0.4, -0.2) is 16.1 Å². The van der Waals surface area contributed by atoms with E-state index in [1.54, 1.807) is 25.1 Å². The van der Waals surface area contributed by atoms with Crippen LogP contribution in [0.3, 0.4) is 0 Å². The van der Waals surface area contributed by atoms with Crippen molar-refractivity contribution in [1.29, 1.82) is 0 Å². The van der Waals surface area contributed by atoms with Gasteiger partial charge in [-0.3, -0.25) is 10.1 Å². The maximum atomic E-state index is 10.9. The molecule has 0 radical (unpaired) electrons. The van der Waals surface area contributed by atoms with E-state index in [-0.39, 0.29) is 16.5 Å². The van der Waals surface area contributed by atoms with Crippen molar-refractivity contribution in [3.8, 4) is 0 Å². The predicted molar refractivity (Wildman–Crippen MR) is 67.9 cm³/mol. The molecule has 4 heteroatoms. The van der Waals surface area contributed by atoms with Crippen molar-refractivity contribution in [3.63, 3.8) is 0 Å². The summed E-state index contributed by atoms with van der Waals surface area (Å²) >= 11 is 0. The number of nitro groups is 1. The molecule has 0 amide bonds. The zero-order valence-corrected chi connectivity index (χ0v) is 10.3. The molecule has 0 spiro atoms. The molecule has 0 saturated carbocycles. The maximum Gasteiger partial charge on any atom is 0.273 e. The molecule has 1 unspecified atom stereocenters. The molecular weight excluding hydrogens is 218 g/mol. The van der Waals surface area contributed by atoms with E-state index < -0.39 is 6.10 Å². The molecule has 1 aromatic rings. The van der Waals surface area contributed by atoms with Gasteiger partial charge in [-0.15, -0.1) is 0 Å². The fourth-order valence-electron chi connectivity index (χ4n) is 1.56. The second-order valence-electron chi connectivity index (χ2n) is 4.33. The van der Waals surface area contributed by atoms with Crippen molar-refractivity contribution in [1.82, 2.24) is 0 Å². The second kappa shape index (κ2) is 5.59. The normalized spacial score (nSPS) is 13.2. The van der Waals surface area contributed by atoms with Crippen molar-refractivity contribution in [2.24, 2.45) is 0 Å². The van der Waals surface area contributed by atoms with Gasteiger partial charge in [0.05, 0.1) is 11.0 Å². The van der Waals surface area contributed by atoms with Crippen LogP contribution in [-0.2, 0) is 0 Å². The van der Waals surface area contributed by atoms with Crippen molar-refractivity contribution in [3.05, 3.63) is 45.5 Å². The van der Waals surface area contributed by atoms with Gasteiger partial charge in [-0.2, -0.15) is 0 Å². The summed E-state index contributed by atoms with van der Waals surface area (Å²) in [6.45, 7) is 5.48. The van der Waals surface area contributed by atoms with Crippen LogP contribution in [0.4, 0.5) is 5.69 Å². The highest BCUT2D eigenvalue weighted by atomic mass is 16.6. The van der Waals surface area contributed by atoms with E-state index in [4.69, 9.17) is 5.11 Å². The molecule has 0 aliphatic heterocycles. The number of hydrogen-bond donors (Lipinski definition) is 1. The molecule has 0 fully saturated rings. The Labute approximate surface area is 101 Å². The topological polar surface area (TPSA) is 63.4 Å². The summed E-state index contributed by atoms with van der Waals surface area (Å²) in [7, 11) is 0. The maximum absolute atomic E-state index is 10.9. The van der Waals surface area contributed by atoms with Crippen LogP contribution < -0.4 is 0 Å². The third-order valence-corrected chi connectivity index (χ3v) is 2.44. The molecular formula is C13H17NO3. The Bertz CT molecular complexity index is 436. The van der Waals surface area contributed by atoms with Crippen LogP contribution >= 0.6 is 0 Å². The van der Waals surface area contributed by atoms with E-state index in [0.717, 1.165) is 11.1 Å². The zero-order valence-electron chi connectivity index (χ0n) is 10.3. The average molecular weight is 235 g/mol. The van der Waals surface area contributed by atoms with E-state index >= 15 is 0 Å². The summed E-state index contributed by atoms with van der Waals surface area (Å²) in [6, 6.07) is 5.12. The first-order chi connectivity index (χ1) is 7.91. The Kier molecular flexibility index (Phi) is 4.40. The fraction of sp³-hybridized carbons (Fsp3) is 0.385. The van der Waals surface area contributed by atoms with Gasteiger partial charge in [0, 0.05) is 11.6 Å². The Balaban J connectivity index is 3.14. The van der Waals surface area contributed by atoms with Crippen LogP contribution in [0.2, 0.25) is 0 Å². The number of hydrogen-bond acceptors (Lipinski definition) is 3. The molecule has 1 rings (SSSR count). The lowest BCUT2D eigenvalue weighted by atomic mass is 9.99. The van der Waals surface area contributed by atoms with Crippen LogP contribution in [0.1, 0.15) is 37.8 Å². The first kappa shape index (κ1) is 13.4. The number of benzene rings is 1. The highest BCUT2D eigenvalue weighted by Crippen LogP contribution is 2.27.